The van der Waals surface area contributed by atoms with Gasteiger partial charge in [-0.1, -0.05) is 0 Å². The zero-order valence-corrected chi connectivity index (χ0v) is 49.6. The summed E-state index contributed by atoms with van der Waals surface area (Å²) in [7, 11) is -5.39. The van der Waals surface area contributed by atoms with Crippen molar-refractivity contribution in [2.45, 2.75) is 0 Å². The van der Waals surface area contributed by atoms with E-state index in [1.54, 1.807) is 0 Å². The van der Waals surface area contributed by atoms with Crippen molar-refractivity contribution in [1.29, 1.82) is 0 Å². The molecule has 0 aromatic heterocycles. The van der Waals surface area contributed by atoms with E-state index >= 15 is 0 Å². The summed E-state index contributed by atoms with van der Waals surface area (Å²) in [6, 6.07) is 0. The molecule has 32 valence electrons. The Bertz CT molecular complexity index is 66.4. The van der Waals surface area contributed by atoms with Gasteiger partial charge in [0.25, 0.3) is 0 Å². The van der Waals surface area contributed by atoms with Gasteiger partial charge in [0.15, 0.2) is 0 Å². The predicted molar refractivity (Wildman–Crippen MR) is 99.7 cm³/mol. The quantitative estimate of drug-likeness (QED) is 0.183. The van der Waals surface area contributed by atoms with Gasteiger partial charge in [-0.15, -0.1) is 0 Å². The minimum absolute atomic E-state index is 0. The molecule has 0 radical (unpaired) electrons. The van der Waals surface area contributed by atoms with Crippen molar-refractivity contribution in [2.24, 2.45) is 0 Å². The maximum atomic E-state index is 8.55. The van der Waals surface area contributed by atoms with Gasteiger partial charge in [0.2, 0.25) is 0 Å². The van der Waals surface area contributed by atoms with Crippen LogP contribution in [0.3, 0.4) is 0 Å². The predicted octanol–water partition coefficient (Wildman–Crippen LogP) is -8.92. The van der Waals surface area contributed by atoms with Crippen LogP contribution in [-0.2, 0) is 4.57 Å². The summed E-state index contributed by atoms with van der Waals surface area (Å²) >= 11 is 0. The third kappa shape index (κ3) is 144. The minimum atomic E-state index is -5.39. The maximum Gasteiger partial charge on any atom is 2.00 e. The van der Waals surface area contributed by atoms with E-state index in [4.69, 9.17) is 19.2 Å². The summed E-state index contributed by atoms with van der Waals surface area (Å²) in [4.78, 5) is 25.6. The van der Waals surface area contributed by atoms with Crippen LogP contribution in [0.4, 0.5) is 0 Å². The van der Waals surface area contributed by atoms with E-state index in [1.807, 2.05) is 0 Å². The van der Waals surface area contributed by atoms with Crippen LogP contribution in [0.15, 0.2) is 0 Å². The van der Waals surface area contributed by atoms with Crippen molar-refractivity contribution in [3.8, 4) is 0 Å². The molecule has 0 aliphatic carbocycles. The molecule has 0 unspecified atom stereocenters. The molecule has 0 atom stereocenters. The molecule has 0 fully saturated rings. The minimum Gasteiger partial charge on any atom is -0.822 e. The summed E-state index contributed by atoms with van der Waals surface area (Å²) in [5, 5.41) is 0. The summed E-state index contributed by atoms with van der Waals surface area (Å²) in [6.45, 7) is 0. The van der Waals surface area contributed by atoms with Crippen LogP contribution in [0.2, 0.25) is 0 Å². The first kappa shape index (κ1) is 114. The first-order chi connectivity index (χ1) is 2.00. The van der Waals surface area contributed by atoms with E-state index in [1.165, 1.54) is 0 Å². The summed E-state index contributed by atoms with van der Waals surface area (Å²) < 4.78 is 8.55. The molecule has 0 heterocycles. The molecular weight excluding hydrogens is 736 g/mol. The molecule has 21 heteroatoms. The molecule has 0 aromatic rings. The fourth-order valence-corrected chi connectivity index (χ4v) is 0. The number of rotatable bonds is 0. The SMILES string of the molecule is O=P([O-])([O-])[O-].[Ca+2].[Ca+2].[Ca+2].[Ca+2].[Ca+2].[Ca+2].[Ca+2].[Ca+2].[Ca+2].[Ca+2].[Ca+2].[Ca+2].[Ca+2].[Ca+2].[Ca+2].[Ca+2]. The van der Waals surface area contributed by atoms with E-state index < -0.39 is 7.82 Å². The van der Waals surface area contributed by atoms with Crippen molar-refractivity contribution in [1.82, 2.24) is 0 Å². The van der Waals surface area contributed by atoms with Crippen LogP contribution in [0, 0.1) is 0 Å². The number of hydrogen-bond acceptors (Lipinski definition) is 4. The van der Waals surface area contributed by atoms with Gasteiger partial charge in [0.05, 0.1) is 0 Å². The maximum absolute atomic E-state index is 8.55. The van der Waals surface area contributed by atoms with E-state index in [-0.39, 0.29) is 604 Å². The average molecular weight is 736 g/mol. The second-order valence-electron chi connectivity index (χ2n) is 0.447. The van der Waals surface area contributed by atoms with E-state index in [2.05, 4.69) is 0 Å². The van der Waals surface area contributed by atoms with Crippen molar-refractivity contribution in [2.75, 3.05) is 0 Å². The standard InChI is InChI=1S/16Ca.H3O4P/c;;;;;;;;;;;;;;;;1-5(2,3)4/h;;;;;;;;;;;;;;;;(H3,1,2,3,4)/q16*+2;/p-3. The van der Waals surface area contributed by atoms with Crippen LogP contribution < -0.4 is 14.7 Å². The fraction of sp³-hybridized carbons (Fsp3) is 0. The Labute approximate surface area is 606 Å². The topological polar surface area (TPSA) is 86.2 Å². The Hall–Kier alpha value is 20.3. The molecule has 0 spiro atoms. The largest absolute Gasteiger partial charge is 2.00 e. The molecule has 4 nitrogen and oxygen atoms in total. The smallest absolute Gasteiger partial charge is 0.822 e. The molecule has 0 saturated heterocycles. The molecule has 0 bridgehead atoms. The van der Waals surface area contributed by atoms with E-state index in [9.17, 15) is 0 Å². The van der Waals surface area contributed by atoms with Gasteiger partial charge in [0, 0.05) is 0 Å². The fourth-order valence-electron chi connectivity index (χ4n) is 0. The molecule has 0 rings (SSSR count). The van der Waals surface area contributed by atoms with Crippen molar-refractivity contribution < 1.29 is 19.2 Å². The van der Waals surface area contributed by atoms with E-state index in [0.29, 0.717) is 0 Å². The van der Waals surface area contributed by atoms with Crippen LogP contribution >= 0.6 is 7.82 Å². The van der Waals surface area contributed by atoms with Crippen molar-refractivity contribution >= 4 is 612 Å². The second-order valence-corrected chi connectivity index (χ2v) is 1.34. The third-order valence-corrected chi connectivity index (χ3v) is 0. The van der Waals surface area contributed by atoms with Gasteiger partial charge >= 0.3 is 604 Å². The Balaban J connectivity index is -0.000000000667. The van der Waals surface area contributed by atoms with E-state index in [0.717, 1.165) is 0 Å². The summed E-state index contributed by atoms with van der Waals surface area (Å²) in [5.74, 6) is 0. The third-order valence-electron chi connectivity index (χ3n) is 0. The zero-order valence-electron chi connectivity index (χ0n) is 13.4. The first-order valence-electron chi connectivity index (χ1n) is 0.730. The molecule has 0 aliphatic heterocycles. The molecule has 0 amide bonds. The van der Waals surface area contributed by atoms with Gasteiger partial charge in [-0.3, -0.25) is 0 Å². The van der Waals surface area contributed by atoms with Gasteiger partial charge in [-0.2, -0.15) is 7.82 Å². The number of phosphoric acid groups is 1. The van der Waals surface area contributed by atoms with Gasteiger partial charge in [-0.05, 0) is 0 Å². The van der Waals surface area contributed by atoms with Gasteiger partial charge < -0.3 is 19.2 Å². The molecular formula is Ca16O4P+29. The summed E-state index contributed by atoms with van der Waals surface area (Å²) in [5.41, 5.74) is 0. The average Bonchev–Trinajstić information content (AvgIpc) is 0.722. The van der Waals surface area contributed by atoms with Gasteiger partial charge in [0.1, 0.15) is 0 Å². The monoisotopic (exact) mass is 734 g/mol. The molecule has 0 N–H and O–H groups in total. The number of hydrogen-bond donors (Lipinski definition) is 0. The van der Waals surface area contributed by atoms with Crippen LogP contribution in [0.25, 0.3) is 0 Å². The normalized spacial score (nSPS) is 2.81. The first-order valence-corrected chi connectivity index (χ1v) is 2.19. The van der Waals surface area contributed by atoms with Crippen LogP contribution in [-0.4, -0.2) is 604 Å². The van der Waals surface area contributed by atoms with Crippen molar-refractivity contribution in [3.63, 3.8) is 0 Å². The van der Waals surface area contributed by atoms with Gasteiger partial charge in [-0.25, -0.2) is 0 Å². The second kappa shape index (κ2) is 90.0. The molecule has 0 aliphatic rings. The Morgan fingerprint density at radius 1 is 0.333 bits per heavy atom. The van der Waals surface area contributed by atoms with Crippen LogP contribution in [0.5, 0.6) is 0 Å². The summed E-state index contributed by atoms with van der Waals surface area (Å²) in [6.07, 6.45) is 0. The Morgan fingerprint density at radius 2 is 0.333 bits per heavy atom. The zero-order chi connectivity index (χ0) is 4.50. The molecule has 21 heavy (non-hydrogen) atoms. The Morgan fingerprint density at radius 3 is 0.333 bits per heavy atom. The Kier molecular flexibility index (Phi) is 487. The van der Waals surface area contributed by atoms with Crippen LogP contribution in [0.1, 0.15) is 0 Å². The molecule has 0 aromatic carbocycles. The molecule has 0 saturated carbocycles. The van der Waals surface area contributed by atoms with Crippen molar-refractivity contribution in [3.05, 3.63) is 0 Å².